The normalized spacial score (nSPS) is 43.6. The maximum Gasteiger partial charge on any atom is 1.00 e. The molecule has 1 aliphatic heterocycles. The van der Waals surface area contributed by atoms with E-state index in [1.54, 1.807) is 0 Å². The van der Waals surface area contributed by atoms with Crippen LogP contribution in [0.5, 0.6) is 0 Å². The molecule has 4 N–H and O–H groups in total. The number of carbonyl (C=O) groups excluding carboxylic acids is 2. The Morgan fingerprint density at radius 3 is 2.28 bits per heavy atom. The van der Waals surface area contributed by atoms with E-state index < -0.39 is 52.5 Å². The quantitative estimate of drug-likeness (QED) is 0.0961. The van der Waals surface area contributed by atoms with E-state index in [0.717, 1.165) is 57.8 Å². The van der Waals surface area contributed by atoms with E-state index in [0.29, 0.717) is 41.9 Å². The molecule has 5 fully saturated rings. The van der Waals surface area contributed by atoms with Gasteiger partial charge in [-0.25, -0.2) is 8.42 Å². The van der Waals surface area contributed by atoms with Gasteiger partial charge in [0.05, 0.1) is 27.9 Å². The van der Waals surface area contributed by atoms with E-state index in [1.165, 1.54) is 6.42 Å². The van der Waals surface area contributed by atoms with Crippen LogP contribution >= 0.6 is 0 Å². The second kappa shape index (κ2) is 16.5. The van der Waals surface area contributed by atoms with Crippen molar-refractivity contribution in [1.29, 1.82) is 0 Å². The van der Waals surface area contributed by atoms with Gasteiger partial charge in [0.2, 0.25) is 5.91 Å². The first kappa shape index (κ1) is 42.1. The summed E-state index contributed by atoms with van der Waals surface area (Å²) in [4.78, 5) is 23.7. The third-order valence-corrected chi connectivity index (χ3v) is 13.7. The number of aliphatic hydroxyl groups is 3. The number of amides is 1. The number of rotatable bonds is 10. The van der Waals surface area contributed by atoms with E-state index in [2.05, 4.69) is 26.1 Å². The molecule has 15 heteroatoms. The zero-order chi connectivity index (χ0) is 32.9. The van der Waals surface area contributed by atoms with Crippen LogP contribution in [0.3, 0.4) is 0 Å². The predicted molar refractivity (Wildman–Crippen MR) is 158 cm³/mol. The van der Waals surface area contributed by atoms with Crippen molar-refractivity contribution in [3.8, 4) is 0 Å². The van der Waals surface area contributed by atoms with Gasteiger partial charge in [0.15, 0.2) is 6.29 Å². The predicted octanol–water partition coefficient (Wildman–Crippen LogP) is -5.33. The Bertz CT molecular complexity index is 1210. The molecule has 1 saturated heterocycles. The number of carbonyl (C=O) groups is 2. The number of carboxylic acids is 1. The van der Waals surface area contributed by atoms with Gasteiger partial charge in [0.25, 0.3) is 0 Å². The number of nitrogens with one attached hydrogen (secondary N) is 1. The van der Waals surface area contributed by atoms with Crippen LogP contribution in [0.15, 0.2) is 0 Å². The van der Waals surface area contributed by atoms with Crippen LogP contribution in [0.2, 0.25) is 0 Å². The molecule has 4 aliphatic carbocycles. The van der Waals surface area contributed by atoms with Crippen molar-refractivity contribution in [2.45, 2.75) is 128 Å². The van der Waals surface area contributed by atoms with Crippen molar-refractivity contribution >= 4 is 22.0 Å². The van der Waals surface area contributed by atoms with Crippen molar-refractivity contribution in [2.75, 3.05) is 12.3 Å². The van der Waals surface area contributed by atoms with Gasteiger partial charge in [0.1, 0.15) is 24.4 Å². The van der Waals surface area contributed by atoms with E-state index in [9.17, 15) is 43.0 Å². The summed E-state index contributed by atoms with van der Waals surface area (Å²) in [6.45, 7) is 6.98. The number of hydrogen-bond acceptors (Lipinski definition) is 11. The van der Waals surface area contributed by atoms with Crippen molar-refractivity contribution in [3.63, 3.8) is 0 Å². The van der Waals surface area contributed by atoms with Gasteiger partial charge < -0.3 is 44.6 Å². The minimum atomic E-state index is -4.35. The average molecular weight is 704 g/mol. The average Bonchev–Trinajstić information content (AvgIpc) is 3.32. The van der Waals surface area contributed by atoms with Crippen LogP contribution in [0.4, 0.5) is 0 Å². The Morgan fingerprint density at radius 2 is 1.62 bits per heavy atom. The van der Waals surface area contributed by atoms with Crippen LogP contribution in [0.1, 0.15) is 91.4 Å². The molecule has 0 aromatic rings. The first-order valence-corrected chi connectivity index (χ1v) is 18.4. The molecule has 0 bridgehead atoms. The maximum absolute atomic E-state index is 12.3. The van der Waals surface area contributed by atoms with Crippen LogP contribution in [0.25, 0.3) is 0 Å². The number of ether oxygens (including phenoxy) is 2. The number of fused-ring (bicyclic) bond motifs is 5. The molecule has 0 aromatic heterocycles. The standard InChI is InChI=1S/C32H53NO11S.2Na/c1-17(4-9-24(34)33-14-15-45(40,41)42)21-7-8-22-20-6-5-18-16-19(10-12-31(18,2)23(20)11-13-32(21,22)3)43-30-27(37)25(35)26(36)28(44-30)29(38)39;;/h17-23,25-28,30,35-37H,4-16H2,1-3H3,(H,33,34)(H,38,39)(H,40,41,42);;/q;2*+1/p-2/t17-,18-,19-,20+,21-,22+,23?,25?,26+,27-,28+,30-,31+,32-;;/m1../s1. The number of aliphatic carboxylic acids is 1. The van der Waals surface area contributed by atoms with Gasteiger partial charge in [0, 0.05) is 13.0 Å². The Kier molecular flexibility index (Phi) is 14.8. The smallest absolute Gasteiger partial charge is 0.748 e. The molecule has 5 rings (SSSR count). The molecule has 4 saturated carbocycles. The van der Waals surface area contributed by atoms with Crippen LogP contribution in [-0.2, 0) is 29.2 Å². The van der Waals surface area contributed by atoms with Crippen molar-refractivity contribution in [1.82, 2.24) is 5.32 Å². The van der Waals surface area contributed by atoms with Gasteiger partial charge >= 0.3 is 59.1 Å². The third-order valence-electron chi connectivity index (χ3n) is 13.0. The number of aliphatic hydroxyl groups excluding tert-OH is 3. The molecule has 12 nitrogen and oxygen atoms in total. The van der Waals surface area contributed by atoms with Crippen LogP contribution in [-0.4, -0.2) is 89.3 Å². The second-order valence-corrected chi connectivity index (χ2v) is 16.8. The van der Waals surface area contributed by atoms with Gasteiger partial charge in [-0.2, -0.15) is 0 Å². The summed E-state index contributed by atoms with van der Waals surface area (Å²) in [6, 6.07) is 0. The fraction of sp³-hybridized carbons (Fsp3) is 0.938. The topological polar surface area (TPSA) is 206 Å². The van der Waals surface area contributed by atoms with E-state index in [4.69, 9.17) is 9.47 Å². The molecule has 1 heterocycles. The summed E-state index contributed by atoms with van der Waals surface area (Å²) >= 11 is 0. The molecule has 14 atom stereocenters. The Labute approximate surface area is 323 Å². The monoisotopic (exact) mass is 703 g/mol. The fourth-order valence-electron chi connectivity index (χ4n) is 10.6. The van der Waals surface area contributed by atoms with Crippen molar-refractivity contribution < 1.29 is 112 Å². The second-order valence-electron chi connectivity index (χ2n) is 15.3. The molecule has 258 valence electrons. The van der Waals surface area contributed by atoms with E-state index in [1.807, 2.05) is 0 Å². The first-order chi connectivity index (χ1) is 21.0. The molecule has 2 unspecified atom stereocenters. The van der Waals surface area contributed by atoms with E-state index >= 15 is 0 Å². The largest absolute Gasteiger partial charge is 1.00 e. The van der Waals surface area contributed by atoms with E-state index in [-0.39, 0.29) is 88.5 Å². The van der Waals surface area contributed by atoms with Gasteiger partial charge in [-0.05, 0) is 111 Å². The zero-order valence-electron chi connectivity index (χ0n) is 28.6. The Hall–Kier alpha value is 0.650. The summed E-state index contributed by atoms with van der Waals surface area (Å²) in [7, 11) is -4.35. The molecule has 0 aromatic carbocycles. The maximum atomic E-state index is 12.3. The zero-order valence-corrected chi connectivity index (χ0v) is 33.5. The summed E-state index contributed by atoms with van der Waals surface area (Å²) < 4.78 is 43.8. The van der Waals surface area contributed by atoms with Gasteiger partial charge in [-0.15, -0.1) is 0 Å². The minimum absolute atomic E-state index is 0. The third kappa shape index (κ3) is 8.83. The molecule has 5 aliphatic rings. The molecule has 47 heavy (non-hydrogen) atoms. The fourth-order valence-corrected chi connectivity index (χ4v) is 11.0. The number of hydrogen-bond donors (Lipinski definition) is 4. The van der Waals surface area contributed by atoms with Gasteiger partial charge in [-0.3, -0.25) is 4.79 Å². The summed E-state index contributed by atoms with van der Waals surface area (Å²) in [5.74, 6) is 0.702. The first-order valence-electron chi connectivity index (χ1n) is 16.8. The SMILES string of the molecule is C[C@H](CCC(=O)NCCS(=O)(=O)[O-])[C@H]1CC[C@H]2[C@@H]3CC[C@@H]4C[C@H](O[C@@H]5O[C@H](C(=O)[O-])[C@@H](O)C(O)[C@H]5O)CC[C@]4(C)C3CC[C@]12C.[Na+].[Na+]. The van der Waals surface area contributed by atoms with Crippen molar-refractivity contribution in [2.24, 2.45) is 46.3 Å². The molecule has 0 radical (unpaired) electrons. The Morgan fingerprint density at radius 1 is 0.957 bits per heavy atom. The molecular formula is C32H51NNa2O11S. The van der Waals surface area contributed by atoms with Crippen LogP contribution < -0.4 is 69.5 Å². The minimum Gasteiger partial charge on any atom is -0.748 e. The summed E-state index contributed by atoms with van der Waals surface area (Å²) in [6.07, 6.45) is 1.91. The molecule has 0 spiro atoms. The summed E-state index contributed by atoms with van der Waals surface area (Å²) in [5, 5.41) is 44.6. The summed E-state index contributed by atoms with van der Waals surface area (Å²) in [5.41, 5.74) is 0.366. The number of carboxylic acid groups (broad SMARTS) is 1. The molecular weight excluding hydrogens is 652 g/mol. The van der Waals surface area contributed by atoms with Gasteiger partial charge in [-0.1, -0.05) is 20.8 Å². The van der Waals surface area contributed by atoms with Crippen LogP contribution in [0, 0.1) is 46.3 Å². The Balaban J connectivity index is 0.00000300. The van der Waals surface area contributed by atoms with Crippen molar-refractivity contribution in [3.05, 3.63) is 0 Å². The molecule has 1 amide bonds.